The van der Waals surface area contributed by atoms with Gasteiger partial charge >= 0.3 is 0 Å². The number of aryl methyl sites for hydroxylation is 1. The monoisotopic (exact) mass is 256 g/mol. The molecule has 0 radical (unpaired) electrons. The smallest absolute Gasteiger partial charge is 0.137 e. The van der Waals surface area contributed by atoms with Crippen molar-refractivity contribution in [2.75, 3.05) is 32.1 Å². The van der Waals surface area contributed by atoms with Crippen molar-refractivity contribution in [2.45, 2.75) is 19.8 Å². The highest BCUT2D eigenvalue weighted by atomic mass is 35.5. The molecule has 0 atom stereocenters. The number of methoxy groups -OCH3 is 1. The Balaban J connectivity index is 2.79. The van der Waals surface area contributed by atoms with Crippen molar-refractivity contribution in [1.82, 2.24) is 0 Å². The summed E-state index contributed by atoms with van der Waals surface area (Å²) < 4.78 is 5.19. The first-order valence-corrected chi connectivity index (χ1v) is 6.23. The molecular weight excluding hydrogens is 236 g/mol. The Kier molecular flexibility index (Phi) is 5.59. The van der Waals surface area contributed by atoms with Crippen molar-refractivity contribution < 1.29 is 4.74 Å². The zero-order valence-corrected chi connectivity index (χ0v) is 11.5. The third-order valence-electron chi connectivity index (χ3n) is 2.83. The first-order chi connectivity index (χ1) is 8.10. The fourth-order valence-electron chi connectivity index (χ4n) is 1.83. The standard InChI is InChI=1S/C13H21ClN2O/c1-10-8-13(17-3)11(14)9-12(10)16(2)7-5-4-6-15/h8-9H,4-7,15H2,1-3H3. The predicted molar refractivity (Wildman–Crippen MR) is 74.3 cm³/mol. The van der Waals surface area contributed by atoms with Crippen LogP contribution in [0.5, 0.6) is 5.75 Å². The summed E-state index contributed by atoms with van der Waals surface area (Å²) in [5.41, 5.74) is 7.80. The highest BCUT2D eigenvalue weighted by Crippen LogP contribution is 2.32. The SMILES string of the molecule is COc1cc(C)c(N(C)CCCCN)cc1Cl. The lowest BCUT2D eigenvalue weighted by atomic mass is 10.1. The van der Waals surface area contributed by atoms with Gasteiger partial charge in [0.15, 0.2) is 0 Å². The summed E-state index contributed by atoms with van der Waals surface area (Å²) in [7, 11) is 3.70. The second-order valence-electron chi connectivity index (χ2n) is 4.19. The topological polar surface area (TPSA) is 38.5 Å². The molecule has 0 aromatic heterocycles. The van der Waals surface area contributed by atoms with Crippen LogP contribution in [-0.4, -0.2) is 27.2 Å². The number of anilines is 1. The van der Waals surface area contributed by atoms with Gasteiger partial charge in [0.1, 0.15) is 5.75 Å². The molecule has 0 aliphatic heterocycles. The molecule has 0 heterocycles. The van der Waals surface area contributed by atoms with Crippen molar-refractivity contribution in [3.63, 3.8) is 0 Å². The fourth-order valence-corrected chi connectivity index (χ4v) is 2.06. The lowest BCUT2D eigenvalue weighted by Crippen LogP contribution is -2.20. The molecule has 96 valence electrons. The average molecular weight is 257 g/mol. The average Bonchev–Trinajstić information content (AvgIpc) is 2.31. The molecule has 0 spiro atoms. The van der Waals surface area contributed by atoms with Gasteiger partial charge in [-0.15, -0.1) is 0 Å². The van der Waals surface area contributed by atoms with E-state index in [4.69, 9.17) is 22.1 Å². The molecule has 0 saturated heterocycles. The molecule has 1 rings (SSSR count). The molecule has 1 aromatic rings. The fraction of sp³-hybridized carbons (Fsp3) is 0.538. The second-order valence-corrected chi connectivity index (χ2v) is 4.60. The predicted octanol–water partition coefficient (Wildman–Crippen LogP) is 2.83. The molecule has 1 aromatic carbocycles. The molecule has 0 aliphatic carbocycles. The van der Waals surface area contributed by atoms with Crippen molar-refractivity contribution >= 4 is 17.3 Å². The van der Waals surface area contributed by atoms with E-state index in [9.17, 15) is 0 Å². The lowest BCUT2D eigenvalue weighted by molar-refractivity contribution is 0.414. The Labute approximate surface area is 109 Å². The minimum atomic E-state index is 0.652. The third-order valence-corrected chi connectivity index (χ3v) is 3.12. The Bertz CT molecular complexity index is 369. The minimum absolute atomic E-state index is 0.652. The summed E-state index contributed by atoms with van der Waals surface area (Å²) in [5, 5.41) is 0.652. The number of nitrogens with zero attached hydrogens (tertiary/aromatic N) is 1. The van der Waals surface area contributed by atoms with Crippen LogP contribution in [0.2, 0.25) is 5.02 Å². The van der Waals surface area contributed by atoms with Gasteiger partial charge in [0.25, 0.3) is 0 Å². The summed E-state index contributed by atoms with van der Waals surface area (Å²) in [4.78, 5) is 2.20. The number of hydrogen-bond donors (Lipinski definition) is 1. The van der Waals surface area contributed by atoms with Gasteiger partial charge in [-0.1, -0.05) is 11.6 Å². The number of rotatable bonds is 6. The highest BCUT2D eigenvalue weighted by Gasteiger charge is 2.09. The van der Waals surface area contributed by atoms with Crippen LogP contribution in [-0.2, 0) is 0 Å². The Hall–Kier alpha value is -0.930. The quantitative estimate of drug-likeness (QED) is 0.796. The van der Waals surface area contributed by atoms with Gasteiger partial charge in [-0.25, -0.2) is 0 Å². The molecule has 0 saturated carbocycles. The normalized spacial score (nSPS) is 10.4. The van der Waals surface area contributed by atoms with Crippen molar-refractivity contribution in [3.8, 4) is 5.75 Å². The van der Waals surface area contributed by atoms with Crippen LogP contribution < -0.4 is 15.4 Å². The van der Waals surface area contributed by atoms with Gasteiger partial charge in [-0.05, 0) is 44.0 Å². The van der Waals surface area contributed by atoms with E-state index < -0.39 is 0 Å². The zero-order valence-electron chi connectivity index (χ0n) is 10.8. The van der Waals surface area contributed by atoms with Crippen LogP contribution in [0, 0.1) is 6.92 Å². The summed E-state index contributed by atoms with van der Waals surface area (Å²) >= 11 is 6.14. The minimum Gasteiger partial charge on any atom is -0.495 e. The van der Waals surface area contributed by atoms with E-state index in [1.54, 1.807) is 7.11 Å². The van der Waals surface area contributed by atoms with Crippen LogP contribution >= 0.6 is 11.6 Å². The Morgan fingerprint density at radius 3 is 2.65 bits per heavy atom. The van der Waals surface area contributed by atoms with Crippen LogP contribution in [0.25, 0.3) is 0 Å². The van der Waals surface area contributed by atoms with Gasteiger partial charge in [-0.3, -0.25) is 0 Å². The molecule has 0 unspecified atom stereocenters. The van der Waals surface area contributed by atoms with E-state index >= 15 is 0 Å². The van der Waals surface area contributed by atoms with Crippen molar-refractivity contribution in [3.05, 3.63) is 22.7 Å². The molecular formula is C13H21ClN2O. The Morgan fingerprint density at radius 1 is 1.35 bits per heavy atom. The summed E-state index contributed by atoms with van der Waals surface area (Å²) in [6.07, 6.45) is 2.14. The van der Waals surface area contributed by atoms with Gasteiger partial charge in [0.2, 0.25) is 0 Å². The number of nitrogens with two attached hydrogens (primary N) is 1. The summed E-state index contributed by atoms with van der Waals surface area (Å²) in [6, 6.07) is 3.93. The van der Waals surface area contributed by atoms with E-state index in [2.05, 4.69) is 18.9 Å². The van der Waals surface area contributed by atoms with E-state index in [-0.39, 0.29) is 0 Å². The molecule has 3 nitrogen and oxygen atoms in total. The molecule has 17 heavy (non-hydrogen) atoms. The molecule has 4 heteroatoms. The van der Waals surface area contributed by atoms with Crippen LogP contribution in [0.3, 0.4) is 0 Å². The summed E-state index contributed by atoms with van der Waals surface area (Å²) in [5.74, 6) is 0.725. The first kappa shape index (κ1) is 14.1. The maximum absolute atomic E-state index is 6.14. The molecule has 0 bridgehead atoms. The Morgan fingerprint density at radius 2 is 2.06 bits per heavy atom. The number of unbranched alkanes of at least 4 members (excludes halogenated alkanes) is 1. The number of ether oxygens (including phenoxy) is 1. The van der Waals surface area contributed by atoms with Crippen LogP contribution in [0.1, 0.15) is 18.4 Å². The van der Waals surface area contributed by atoms with Crippen LogP contribution in [0.4, 0.5) is 5.69 Å². The highest BCUT2D eigenvalue weighted by molar-refractivity contribution is 6.32. The van der Waals surface area contributed by atoms with Crippen LogP contribution in [0.15, 0.2) is 12.1 Å². The van der Waals surface area contributed by atoms with Gasteiger partial charge < -0.3 is 15.4 Å². The molecule has 2 N–H and O–H groups in total. The van der Waals surface area contributed by atoms with E-state index in [1.807, 2.05) is 12.1 Å². The largest absolute Gasteiger partial charge is 0.495 e. The zero-order chi connectivity index (χ0) is 12.8. The van der Waals surface area contributed by atoms with Crippen molar-refractivity contribution in [1.29, 1.82) is 0 Å². The molecule has 0 fully saturated rings. The molecule has 0 aliphatic rings. The summed E-state index contributed by atoms with van der Waals surface area (Å²) in [6.45, 7) is 3.80. The number of halogens is 1. The number of hydrogen-bond acceptors (Lipinski definition) is 3. The lowest BCUT2D eigenvalue weighted by Gasteiger charge is -2.22. The second kappa shape index (κ2) is 6.72. The maximum atomic E-state index is 6.14. The van der Waals surface area contributed by atoms with Gasteiger partial charge in [0, 0.05) is 19.3 Å². The van der Waals surface area contributed by atoms with E-state index in [0.29, 0.717) is 5.02 Å². The van der Waals surface area contributed by atoms with Gasteiger partial charge in [-0.2, -0.15) is 0 Å². The number of benzene rings is 1. The third kappa shape index (κ3) is 3.79. The maximum Gasteiger partial charge on any atom is 0.137 e. The van der Waals surface area contributed by atoms with Gasteiger partial charge in [0.05, 0.1) is 12.1 Å². The van der Waals surface area contributed by atoms with E-state index in [1.165, 1.54) is 5.56 Å². The molecule has 0 amide bonds. The van der Waals surface area contributed by atoms with E-state index in [0.717, 1.165) is 37.4 Å². The van der Waals surface area contributed by atoms with Crippen molar-refractivity contribution in [2.24, 2.45) is 5.73 Å². The first-order valence-electron chi connectivity index (χ1n) is 5.85.